The Hall–Kier alpha value is -2.00. The highest BCUT2D eigenvalue weighted by molar-refractivity contribution is 5.68. The molecule has 2 heterocycles. The molecule has 1 aliphatic heterocycles. The first kappa shape index (κ1) is 14.4. The van der Waals surface area contributed by atoms with Crippen LogP contribution in [0.15, 0.2) is 6.33 Å². The van der Waals surface area contributed by atoms with E-state index in [0.717, 1.165) is 19.4 Å². The lowest BCUT2D eigenvalue weighted by Gasteiger charge is -2.15. The molecule has 110 valence electrons. The van der Waals surface area contributed by atoms with Gasteiger partial charge in [0.15, 0.2) is 0 Å². The monoisotopic (exact) mass is 282 g/mol. The number of hydrogen-bond acceptors (Lipinski definition) is 8. The van der Waals surface area contributed by atoms with Crippen LogP contribution in [0.5, 0.6) is 0 Å². The zero-order chi connectivity index (χ0) is 14.5. The van der Waals surface area contributed by atoms with Crippen LogP contribution in [-0.2, 0) is 4.74 Å². The number of ether oxygens (including phenoxy) is 1. The molecule has 1 saturated heterocycles. The summed E-state index contributed by atoms with van der Waals surface area (Å²) in [5, 5.41) is 15.8. The number of rotatable bonds is 6. The molecule has 20 heavy (non-hydrogen) atoms. The topological polar surface area (TPSA) is 105 Å². The number of nitrogens with zero attached hydrogens (tertiary/aromatic N) is 4. The van der Waals surface area contributed by atoms with Crippen molar-refractivity contribution in [3.8, 4) is 0 Å². The molecule has 1 aromatic heterocycles. The van der Waals surface area contributed by atoms with Crippen LogP contribution in [0.1, 0.15) is 12.8 Å². The third kappa shape index (κ3) is 3.52. The molecule has 2 N–H and O–H groups in total. The molecule has 1 aromatic rings. The average molecular weight is 282 g/mol. The summed E-state index contributed by atoms with van der Waals surface area (Å²) < 4.78 is 5.47. The van der Waals surface area contributed by atoms with E-state index >= 15 is 0 Å². The Bertz CT molecular complexity index is 475. The van der Waals surface area contributed by atoms with Crippen LogP contribution in [0.25, 0.3) is 0 Å². The number of nitrogens with one attached hydrogen (secondary N) is 2. The van der Waals surface area contributed by atoms with Crippen LogP contribution < -0.4 is 10.7 Å². The maximum absolute atomic E-state index is 11.2. The van der Waals surface area contributed by atoms with E-state index in [1.54, 1.807) is 19.1 Å². The van der Waals surface area contributed by atoms with Gasteiger partial charge >= 0.3 is 5.69 Å². The molecule has 0 aromatic carbocycles. The third-order valence-electron chi connectivity index (χ3n) is 2.86. The van der Waals surface area contributed by atoms with Gasteiger partial charge in [0.1, 0.15) is 6.33 Å². The van der Waals surface area contributed by atoms with E-state index in [1.165, 1.54) is 6.33 Å². The Morgan fingerprint density at radius 2 is 2.25 bits per heavy atom. The van der Waals surface area contributed by atoms with Crippen molar-refractivity contribution in [1.29, 1.82) is 0 Å². The first-order valence-electron chi connectivity index (χ1n) is 6.36. The van der Waals surface area contributed by atoms with Gasteiger partial charge in [0.25, 0.3) is 0 Å². The lowest BCUT2D eigenvalue weighted by atomic mass is 10.2. The lowest BCUT2D eigenvalue weighted by molar-refractivity contribution is -0.383. The van der Waals surface area contributed by atoms with Crippen LogP contribution in [0.4, 0.5) is 17.3 Å². The van der Waals surface area contributed by atoms with E-state index in [0.29, 0.717) is 6.54 Å². The molecule has 1 atom stereocenters. The summed E-state index contributed by atoms with van der Waals surface area (Å²) in [5.41, 5.74) is 2.62. The Morgan fingerprint density at radius 3 is 2.85 bits per heavy atom. The molecule has 1 fully saturated rings. The number of hydrazine groups is 1. The second kappa shape index (κ2) is 6.44. The number of aromatic nitrogens is 2. The van der Waals surface area contributed by atoms with Crippen LogP contribution in [0.3, 0.4) is 0 Å². The van der Waals surface area contributed by atoms with Gasteiger partial charge in [-0.2, -0.15) is 0 Å². The van der Waals surface area contributed by atoms with Crippen molar-refractivity contribution in [1.82, 2.24) is 15.0 Å². The molecule has 9 heteroatoms. The predicted octanol–water partition coefficient (Wildman–Crippen LogP) is 0.864. The average Bonchev–Trinajstić information content (AvgIpc) is 2.88. The van der Waals surface area contributed by atoms with Gasteiger partial charge in [0, 0.05) is 27.2 Å². The zero-order valence-corrected chi connectivity index (χ0v) is 11.5. The van der Waals surface area contributed by atoms with Crippen molar-refractivity contribution in [3.63, 3.8) is 0 Å². The summed E-state index contributed by atoms with van der Waals surface area (Å²) in [7, 11) is 3.45. The Kier molecular flexibility index (Phi) is 4.64. The van der Waals surface area contributed by atoms with Crippen molar-refractivity contribution >= 4 is 17.3 Å². The van der Waals surface area contributed by atoms with Crippen LogP contribution >= 0.6 is 0 Å². The van der Waals surface area contributed by atoms with Gasteiger partial charge in [-0.25, -0.2) is 15.0 Å². The van der Waals surface area contributed by atoms with Crippen molar-refractivity contribution in [2.24, 2.45) is 0 Å². The fourth-order valence-electron chi connectivity index (χ4n) is 1.99. The van der Waals surface area contributed by atoms with E-state index in [4.69, 9.17) is 4.74 Å². The maximum Gasteiger partial charge on any atom is 0.354 e. The van der Waals surface area contributed by atoms with Crippen LogP contribution in [-0.4, -0.2) is 53.3 Å². The standard InChI is InChI=1S/C11H18N6O3/c1-16(2)15-11-9(17(18)19)10(13-7-14-11)12-6-8-4-3-5-20-8/h7-8H,3-6H2,1-2H3,(H2,12,13,14,15). The van der Waals surface area contributed by atoms with Crippen molar-refractivity contribution in [2.45, 2.75) is 18.9 Å². The van der Waals surface area contributed by atoms with E-state index in [9.17, 15) is 10.1 Å². The first-order valence-corrected chi connectivity index (χ1v) is 6.36. The second-order valence-corrected chi connectivity index (χ2v) is 4.70. The van der Waals surface area contributed by atoms with Gasteiger partial charge in [-0.05, 0) is 12.8 Å². The minimum absolute atomic E-state index is 0.0785. The molecule has 1 aliphatic rings. The largest absolute Gasteiger partial charge is 0.376 e. The molecule has 0 saturated carbocycles. The zero-order valence-electron chi connectivity index (χ0n) is 11.5. The van der Waals surface area contributed by atoms with E-state index in [-0.39, 0.29) is 23.4 Å². The van der Waals surface area contributed by atoms with Gasteiger partial charge in [-0.3, -0.25) is 15.5 Å². The van der Waals surface area contributed by atoms with E-state index < -0.39 is 4.92 Å². The minimum atomic E-state index is -0.496. The Labute approximate surface area is 116 Å². The molecule has 0 aliphatic carbocycles. The highest BCUT2D eigenvalue weighted by atomic mass is 16.6. The fourth-order valence-corrected chi connectivity index (χ4v) is 1.99. The van der Waals surface area contributed by atoms with Gasteiger partial charge in [0.05, 0.1) is 11.0 Å². The van der Waals surface area contributed by atoms with Crippen molar-refractivity contribution in [3.05, 3.63) is 16.4 Å². The highest BCUT2D eigenvalue weighted by Crippen LogP contribution is 2.29. The summed E-state index contributed by atoms with van der Waals surface area (Å²) in [4.78, 5) is 18.6. The predicted molar refractivity (Wildman–Crippen MR) is 73.5 cm³/mol. The van der Waals surface area contributed by atoms with Crippen molar-refractivity contribution in [2.75, 3.05) is 38.0 Å². The second-order valence-electron chi connectivity index (χ2n) is 4.70. The Morgan fingerprint density at radius 1 is 1.50 bits per heavy atom. The quantitative estimate of drug-likeness (QED) is 0.584. The fraction of sp³-hybridized carbons (Fsp3) is 0.636. The van der Waals surface area contributed by atoms with E-state index in [2.05, 4.69) is 20.7 Å². The SMILES string of the molecule is CN(C)Nc1ncnc(NCC2CCCO2)c1[N+](=O)[O-]. The number of nitro groups is 1. The molecule has 2 rings (SSSR count). The van der Waals surface area contributed by atoms with Gasteiger partial charge in [-0.1, -0.05) is 0 Å². The van der Waals surface area contributed by atoms with Crippen molar-refractivity contribution < 1.29 is 9.66 Å². The Balaban J connectivity index is 2.15. The number of hydrogen-bond donors (Lipinski definition) is 2. The van der Waals surface area contributed by atoms with Gasteiger partial charge in [-0.15, -0.1) is 0 Å². The van der Waals surface area contributed by atoms with Gasteiger partial charge < -0.3 is 10.1 Å². The molecule has 0 amide bonds. The van der Waals surface area contributed by atoms with E-state index in [1.807, 2.05) is 0 Å². The summed E-state index contributed by atoms with van der Waals surface area (Å²) in [6.45, 7) is 1.24. The summed E-state index contributed by atoms with van der Waals surface area (Å²) >= 11 is 0. The first-order chi connectivity index (χ1) is 9.58. The van der Waals surface area contributed by atoms with Crippen LogP contribution in [0, 0.1) is 10.1 Å². The smallest absolute Gasteiger partial charge is 0.354 e. The number of anilines is 2. The molecule has 0 bridgehead atoms. The summed E-state index contributed by atoms with van der Waals surface area (Å²) in [5.74, 6) is 0.356. The molecule has 0 radical (unpaired) electrons. The highest BCUT2D eigenvalue weighted by Gasteiger charge is 2.24. The molecule has 1 unspecified atom stereocenters. The molecular weight excluding hydrogens is 264 g/mol. The third-order valence-corrected chi connectivity index (χ3v) is 2.86. The molecular formula is C11H18N6O3. The molecule has 0 spiro atoms. The normalized spacial score (nSPS) is 18.2. The minimum Gasteiger partial charge on any atom is -0.376 e. The van der Waals surface area contributed by atoms with Gasteiger partial charge in [0.2, 0.25) is 11.6 Å². The van der Waals surface area contributed by atoms with Crippen LogP contribution in [0.2, 0.25) is 0 Å². The summed E-state index contributed by atoms with van der Waals surface area (Å²) in [6.07, 6.45) is 3.34. The summed E-state index contributed by atoms with van der Waals surface area (Å²) in [6, 6.07) is 0. The maximum atomic E-state index is 11.2. The lowest BCUT2D eigenvalue weighted by Crippen LogP contribution is -2.23. The molecule has 9 nitrogen and oxygen atoms in total.